The van der Waals surface area contributed by atoms with Crippen molar-refractivity contribution in [3.63, 3.8) is 0 Å². The van der Waals surface area contributed by atoms with Gasteiger partial charge in [-0.25, -0.2) is 0 Å². The van der Waals surface area contributed by atoms with Crippen molar-refractivity contribution in [2.45, 2.75) is 37.1 Å². The number of nitrogens with one attached hydrogen (secondary N) is 1. The summed E-state index contributed by atoms with van der Waals surface area (Å²) < 4.78 is 5.30. The van der Waals surface area contributed by atoms with Gasteiger partial charge in [0.2, 0.25) is 0 Å². The van der Waals surface area contributed by atoms with Gasteiger partial charge >= 0.3 is 0 Å². The summed E-state index contributed by atoms with van der Waals surface area (Å²) in [6.07, 6.45) is 4.88. The van der Waals surface area contributed by atoms with Crippen LogP contribution in [0.4, 0.5) is 0 Å². The smallest absolute Gasteiger partial charge is 0.0620 e. The van der Waals surface area contributed by atoms with Gasteiger partial charge in [0.25, 0.3) is 0 Å². The number of hydrogen-bond donors (Lipinski definition) is 1. The summed E-state index contributed by atoms with van der Waals surface area (Å²) in [5.74, 6) is 0.808. The lowest BCUT2D eigenvalue weighted by molar-refractivity contribution is 0.189. The van der Waals surface area contributed by atoms with Gasteiger partial charge in [-0.1, -0.05) is 0 Å². The summed E-state index contributed by atoms with van der Waals surface area (Å²) in [5, 5.41) is 4.00. The highest BCUT2D eigenvalue weighted by Gasteiger charge is 2.24. The van der Waals surface area contributed by atoms with Crippen molar-refractivity contribution in [2.24, 2.45) is 5.92 Å². The molecule has 3 heteroatoms. The van der Waals surface area contributed by atoms with Gasteiger partial charge < -0.3 is 10.1 Å². The number of rotatable bonds is 3. The first-order chi connectivity index (χ1) is 6.34. The molecule has 1 aliphatic carbocycles. The Balaban J connectivity index is 1.62. The highest BCUT2D eigenvalue weighted by Crippen LogP contribution is 2.28. The van der Waals surface area contributed by atoms with Crippen molar-refractivity contribution < 1.29 is 4.74 Å². The van der Waals surface area contributed by atoms with E-state index in [0.29, 0.717) is 11.4 Å². The maximum absolute atomic E-state index is 6.05. The fourth-order valence-electron chi connectivity index (χ4n) is 2.23. The number of ether oxygens (including phenoxy) is 1. The molecule has 2 nitrogen and oxygen atoms in total. The molecule has 76 valence electrons. The molecule has 0 spiro atoms. The number of alkyl halides is 1. The van der Waals surface area contributed by atoms with Gasteiger partial charge in [-0.05, 0) is 38.1 Å². The van der Waals surface area contributed by atoms with Crippen LogP contribution in [0.15, 0.2) is 0 Å². The Morgan fingerprint density at radius 3 is 2.85 bits per heavy atom. The van der Waals surface area contributed by atoms with Crippen LogP contribution in [0.1, 0.15) is 25.7 Å². The van der Waals surface area contributed by atoms with Gasteiger partial charge in [0, 0.05) is 18.0 Å². The Bertz CT molecular complexity index is 159. The van der Waals surface area contributed by atoms with Crippen molar-refractivity contribution in [2.75, 3.05) is 19.8 Å². The molecule has 3 atom stereocenters. The first kappa shape index (κ1) is 9.75. The molecule has 0 amide bonds. The third-order valence-electron chi connectivity index (χ3n) is 3.10. The predicted octanol–water partition coefficient (Wildman–Crippen LogP) is 1.77. The fraction of sp³-hybridized carbons (Fsp3) is 1.00. The average molecular weight is 204 g/mol. The fourth-order valence-corrected chi connectivity index (χ4v) is 2.61. The Labute approximate surface area is 85.0 Å². The highest BCUT2D eigenvalue weighted by atomic mass is 35.5. The zero-order valence-electron chi connectivity index (χ0n) is 7.97. The molecule has 1 heterocycles. The molecule has 2 rings (SSSR count). The molecule has 1 N–H and O–H groups in total. The van der Waals surface area contributed by atoms with Crippen LogP contribution in [0.5, 0.6) is 0 Å². The zero-order valence-corrected chi connectivity index (χ0v) is 8.72. The first-order valence-corrected chi connectivity index (χ1v) is 5.73. The summed E-state index contributed by atoms with van der Waals surface area (Å²) in [4.78, 5) is 0. The number of halogens is 1. The monoisotopic (exact) mass is 203 g/mol. The predicted molar refractivity (Wildman–Crippen MR) is 54.2 cm³/mol. The van der Waals surface area contributed by atoms with E-state index in [0.717, 1.165) is 25.7 Å². The van der Waals surface area contributed by atoms with Crippen LogP contribution < -0.4 is 5.32 Å². The second kappa shape index (κ2) is 4.63. The SMILES string of the molecule is ClC1CCC(CNC2CCOC2)C1. The molecule has 13 heavy (non-hydrogen) atoms. The molecule has 2 aliphatic rings. The van der Waals surface area contributed by atoms with E-state index in [1.165, 1.54) is 25.7 Å². The molecule has 0 aromatic heterocycles. The Morgan fingerprint density at radius 1 is 1.31 bits per heavy atom. The highest BCUT2D eigenvalue weighted by molar-refractivity contribution is 6.20. The lowest BCUT2D eigenvalue weighted by Crippen LogP contribution is -2.33. The second-order valence-corrected chi connectivity index (χ2v) is 4.86. The first-order valence-electron chi connectivity index (χ1n) is 5.30. The summed E-state index contributed by atoms with van der Waals surface area (Å²) >= 11 is 6.05. The van der Waals surface area contributed by atoms with Crippen molar-refractivity contribution in [3.05, 3.63) is 0 Å². The van der Waals surface area contributed by atoms with Crippen LogP contribution >= 0.6 is 11.6 Å². The average Bonchev–Trinajstić information content (AvgIpc) is 2.71. The molecule has 1 aliphatic heterocycles. The molecule has 0 aromatic carbocycles. The van der Waals surface area contributed by atoms with Crippen molar-refractivity contribution in [3.8, 4) is 0 Å². The van der Waals surface area contributed by atoms with E-state index in [4.69, 9.17) is 16.3 Å². The van der Waals surface area contributed by atoms with Crippen LogP contribution in [0.25, 0.3) is 0 Å². The second-order valence-electron chi connectivity index (χ2n) is 4.25. The maximum atomic E-state index is 6.05. The maximum Gasteiger partial charge on any atom is 0.0620 e. The zero-order chi connectivity index (χ0) is 9.10. The Morgan fingerprint density at radius 2 is 2.23 bits per heavy atom. The van der Waals surface area contributed by atoms with Gasteiger partial charge in [0.05, 0.1) is 6.61 Å². The molecule has 3 unspecified atom stereocenters. The van der Waals surface area contributed by atoms with E-state index in [2.05, 4.69) is 5.32 Å². The standard InChI is InChI=1S/C10H18ClNO/c11-9-2-1-8(5-9)6-12-10-3-4-13-7-10/h8-10,12H,1-7H2. The van der Waals surface area contributed by atoms with Gasteiger partial charge in [0.1, 0.15) is 0 Å². The summed E-state index contributed by atoms with van der Waals surface area (Å²) in [7, 11) is 0. The molecule has 0 bridgehead atoms. The molecular weight excluding hydrogens is 186 g/mol. The van der Waals surface area contributed by atoms with Crippen molar-refractivity contribution >= 4 is 11.6 Å². The van der Waals surface area contributed by atoms with Crippen LogP contribution in [0, 0.1) is 5.92 Å². The molecule has 0 aromatic rings. The molecule has 1 saturated carbocycles. The van der Waals surface area contributed by atoms with Gasteiger partial charge in [0.15, 0.2) is 0 Å². The minimum Gasteiger partial charge on any atom is -0.380 e. The van der Waals surface area contributed by atoms with Crippen molar-refractivity contribution in [1.29, 1.82) is 0 Å². The Hall–Kier alpha value is 0.210. The summed E-state index contributed by atoms with van der Waals surface area (Å²) in [6, 6.07) is 0.606. The lowest BCUT2D eigenvalue weighted by atomic mass is 10.1. The molecule has 2 fully saturated rings. The van der Waals surface area contributed by atoms with E-state index in [1.54, 1.807) is 0 Å². The van der Waals surface area contributed by atoms with E-state index in [-0.39, 0.29) is 0 Å². The third kappa shape index (κ3) is 2.83. The minimum absolute atomic E-state index is 0.437. The van der Waals surface area contributed by atoms with Crippen molar-refractivity contribution in [1.82, 2.24) is 5.32 Å². The Kier molecular flexibility index (Phi) is 3.47. The topological polar surface area (TPSA) is 21.3 Å². The largest absolute Gasteiger partial charge is 0.380 e. The third-order valence-corrected chi connectivity index (χ3v) is 3.50. The van der Waals surface area contributed by atoms with Gasteiger partial charge in [-0.3, -0.25) is 0 Å². The van der Waals surface area contributed by atoms with E-state index in [1.807, 2.05) is 0 Å². The molecule has 1 saturated heterocycles. The quantitative estimate of drug-likeness (QED) is 0.707. The minimum atomic E-state index is 0.437. The van der Waals surface area contributed by atoms with Gasteiger partial charge in [-0.2, -0.15) is 0 Å². The molecular formula is C10H18ClNO. The van der Waals surface area contributed by atoms with Gasteiger partial charge in [-0.15, -0.1) is 11.6 Å². The normalized spacial score (nSPS) is 39.9. The molecule has 0 radical (unpaired) electrons. The summed E-state index contributed by atoms with van der Waals surface area (Å²) in [5.41, 5.74) is 0. The lowest BCUT2D eigenvalue weighted by Gasteiger charge is -2.14. The van der Waals surface area contributed by atoms with E-state index >= 15 is 0 Å². The van der Waals surface area contributed by atoms with E-state index in [9.17, 15) is 0 Å². The van der Waals surface area contributed by atoms with Crippen LogP contribution in [-0.2, 0) is 4.74 Å². The van der Waals surface area contributed by atoms with Crippen LogP contribution in [-0.4, -0.2) is 31.2 Å². The van der Waals surface area contributed by atoms with E-state index < -0.39 is 0 Å². The summed E-state index contributed by atoms with van der Waals surface area (Å²) in [6.45, 7) is 2.97. The van der Waals surface area contributed by atoms with Crippen LogP contribution in [0.2, 0.25) is 0 Å². The number of hydrogen-bond acceptors (Lipinski definition) is 2. The van der Waals surface area contributed by atoms with Crippen LogP contribution in [0.3, 0.4) is 0 Å².